The molecule has 0 aromatic carbocycles. The van der Waals surface area contributed by atoms with Crippen LogP contribution in [0.3, 0.4) is 0 Å². The lowest BCUT2D eigenvalue weighted by atomic mass is 10.2. The predicted molar refractivity (Wildman–Crippen MR) is 57.6 cm³/mol. The smallest absolute Gasteiger partial charge is 0.122 e. The van der Waals surface area contributed by atoms with Gasteiger partial charge in [-0.05, 0) is 12.5 Å². The van der Waals surface area contributed by atoms with Crippen LogP contribution in [0.2, 0.25) is 0 Å². The molecule has 0 radical (unpaired) electrons. The number of hydrogen-bond donors (Lipinski definition) is 2. The molecule has 0 spiro atoms. The standard InChI is InChI=1S/C7H9ClN2S2/c1-4-5(7(11)10-8)3-12-6(4)2-9/h3H,2,9H2,1H3,(H,10,11). The number of nitrogens with one attached hydrogen (secondary N) is 1. The molecule has 0 aliphatic heterocycles. The van der Waals surface area contributed by atoms with E-state index in [1.54, 1.807) is 11.3 Å². The Morgan fingerprint density at radius 2 is 2.50 bits per heavy atom. The highest BCUT2D eigenvalue weighted by molar-refractivity contribution is 7.80. The van der Waals surface area contributed by atoms with Gasteiger partial charge in [0.1, 0.15) is 4.99 Å². The summed E-state index contributed by atoms with van der Waals surface area (Å²) < 4.78 is 0. The van der Waals surface area contributed by atoms with Crippen molar-refractivity contribution >= 4 is 40.3 Å². The van der Waals surface area contributed by atoms with Crippen molar-refractivity contribution in [3.05, 3.63) is 21.4 Å². The third-order valence-corrected chi connectivity index (χ3v) is 3.39. The Morgan fingerprint density at radius 3 is 2.92 bits per heavy atom. The van der Waals surface area contributed by atoms with Gasteiger partial charge in [-0.1, -0.05) is 12.2 Å². The predicted octanol–water partition coefficient (Wildman–Crippen LogP) is 1.93. The third-order valence-electron chi connectivity index (χ3n) is 1.66. The van der Waals surface area contributed by atoms with Crippen LogP contribution < -0.4 is 10.6 Å². The van der Waals surface area contributed by atoms with Crippen molar-refractivity contribution < 1.29 is 0 Å². The number of hydrogen-bond acceptors (Lipinski definition) is 3. The minimum absolute atomic E-state index is 0.557. The Kier molecular flexibility index (Phi) is 3.46. The first-order valence-corrected chi connectivity index (χ1v) is 5.05. The average molecular weight is 221 g/mol. The molecule has 0 atom stereocenters. The summed E-state index contributed by atoms with van der Waals surface area (Å²) >= 11 is 12.0. The molecule has 0 unspecified atom stereocenters. The molecule has 5 heteroatoms. The normalized spacial score (nSPS) is 9.92. The summed E-state index contributed by atoms with van der Waals surface area (Å²) in [4.78, 5) is 4.14. The van der Waals surface area contributed by atoms with Crippen molar-refractivity contribution in [3.63, 3.8) is 0 Å². The van der Waals surface area contributed by atoms with Gasteiger partial charge in [0.05, 0.1) is 0 Å². The van der Waals surface area contributed by atoms with E-state index < -0.39 is 0 Å². The minimum Gasteiger partial charge on any atom is -0.326 e. The molecule has 0 bridgehead atoms. The van der Waals surface area contributed by atoms with Gasteiger partial charge >= 0.3 is 0 Å². The lowest BCUT2D eigenvalue weighted by Crippen LogP contribution is -2.11. The van der Waals surface area contributed by atoms with Crippen LogP contribution in [0.4, 0.5) is 0 Å². The quantitative estimate of drug-likeness (QED) is 0.591. The molecular formula is C7H9ClN2S2. The average Bonchev–Trinajstić information content (AvgIpc) is 2.45. The first kappa shape index (κ1) is 9.92. The summed E-state index contributed by atoms with van der Waals surface area (Å²) in [7, 11) is 0. The maximum atomic E-state index is 5.52. The van der Waals surface area contributed by atoms with E-state index >= 15 is 0 Å². The number of thiophene rings is 1. The zero-order chi connectivity index (χ0) is 9.14. The van der Waals surface area contributed by atoms with Crippen molar-refractivity contribution in [1.82, 2.24) is 4.84 Å². The molecule has 1 aromatic heterocycles. The zero-order valence-corrected chi connectivity index (χ0v) is 8.95. The van der Waals surface area contributed by atoms with Crippen molar-refractivity contribution in [2.45, 2.75) is 13.5 Å². The summed E-state index contributed by atoms with van der Waals surface area (Å²) in [6, 6.07) is 0. The molecule has 1 heterocycles. The van der Waals surface area contributed by atoms with Crippen molar-refractivity contribution in [2.24, 2.45) is 5.73 Å². The lowest BCUT2D eigenvalue weighted by Gasteiger charge is -1.99. The molecule has 0 aliphatic carbocycles. The first-order valence-electron chi connectivity index (χ1n) is 3.38. The van der Waals surface area contributed by atoms with Gasteiger partial charge in [-0.15, -0.1) is 11.3 Å². The van der Waals surface area contributed by atoms with Crippen LogP contribution in [0.15, 0.2) is 5.38 Å². The van der Waals surface area contributed by atoms with Gasteiger partial charge < -0.3 is 5.73 Å². The molecule has 2 nitrogen and oxygen atoms in total. The second-order valence-corrected chi connectivity index (χ2v) is 3.89. The fourth-order valence-corrected chi connectivity index (χ4v) is 2.26. The highest BCUT2D eigenvalue weighted by Crippen LogP contribution is 2.21. The number of rotatable bonds is 2. The van der Waals surface area contributed by atoms with Crippen LogP contribution >= 0.6 is 35.3 Å². The van der Waals surface area contributed by atoms with E-state index in [1.807, 2.05) is 12.3 Å². The van der Waals surface area contributed by atoms with E-state index in [9.17, 15) is 0 Å². The molecule has 66 valence electrons. The maximum absolute atomic E-state index is 5.52. The van der Waals surface area contributed by atoms with Crippen molar-refractivity contribution in [2.75, 3.05) is 0 Å². The molecule has 3 N–H and O–H groups in total. The molecule has 0 amide bonds. The Morgan fingerprint density at radius 1 is 1.83 bits per heavy atom. The summed E-state index contributed by atoms with van der Waals surface area (Å²) in [5, 5.41) is 1.97. The van der Waals surface area contributed by atoms with Crippen LogP contribution in [0, 0.1) is 6.92 Å². The molecule has 0 saturated carbocycles. The zero-order valence-electron chi connectivity index (χ0n) is 6.56. The van der Waals surface area contributed by atoms with Crippen LogP contribution in [0.1, 0.15) is 16.0 Å². The number of nitrogens with two attached hydrogens (primary N) is 1. The number of halogens is 1. The van der Waals surface area contributed by atoms with Crippen LogP contribution in [-0.4, -0.2) is 4.99 Å². The van der Waals surface area contributed by atoms with E-state index in [0.717, 1.165) is 16.0 Å². The van der Waals surface area contributed by atoms with Gasteiger partial charge in [0.2, 0.25) is 0 Å². The first-order chi connectivity index (χ1) is 5.70. The third kappa shape index (κ3) is 1.77. The highest BCUT2D eigenvalue weighted by atomic mass is 35.5. The van der Waals surface area contributed by atoms with Gasteiger partial charge in [-0.3, -0.25) is 4.84 Å². The monoisotopic (exact) mass is 220 g/mol. The summed E-state index contributed by atoms with van der Waals surface area (Å²) in [5.41, 5.74) is 7.62. The number of thiocarbonyl (C=S) groups is 1. The minimum atomic E-state index is 0.557. The Hall–Kier alpha value is -0.160. The highest BCUT2D eigenvalue weighted by Gasteiger charge is 2.09. The fourth-order valence-electron chi connectivity index (χ4n) is 0.933. The van der Waals surface area contributed by atoms with Crippen molar-refractivity contribution in [1.29, 1.82) is 0 Å². The van der Waals surface area contributed by atoms with E-state index in [0.29, 0.717) is 11.5 Å². The van der Waals surface area contributed by atoms with E-state index in [1.165, 1.54) is 0 Å². The van der Waals surface area contributed by atoms with E-state index in [-0.39, 0.29) is 0 Å². The summed E-state index contributed by atoms with van der Waals surface area (Å²) in [6.45, 7) is 2.55. The maximum Gasteiger partial charge on any atom is 0.122 e. The van der Waals surface area contributed by atoms with Gasteiger partial charge in [0, 0.05) is 34.1 Å². The molecule has 0 fully saturated rings. The molecular weight excluding hydrogens is 212 g/mol. The second kappa shape index (κ2) is 4.18. The Labute approximate surface area is 85.8 Å². The van der Waals surface area contributed by atoms with Gasteiger partial charge in [0.25, 0.3) is 0 Å². The van der Waals surface area contributed by atoms with Gasteiger partial charge in [0.15, 0.2) is 0 Å². The van der Waals surface area contributed by atoms with Crippen LogP contribution in [0.5, 0.6) is 0 Å². The summed E-state index contributed by atoms with van der Waals surface area (Å²) in [6.07, 6.45) is 0. The summed E-state index contributed by atoms with van der Waals surface area (Å²) in [5.74, 6) is 0. The van der Waals surface area contributed by atoms with Gasteiger partial charge in [-0.2, -0.15) is 0 Å². The van der Waals surface area contributed by atoms with Crippen LogP contribution in [-0.2, 0) is 6.54 Å². The Balaban J connectivity index is 3.02. The molecule has 0 aliphatic rings. The van der Waals surface area contributed by atoms with E-state index in [2.05, 4.69) is 4.84 Å². The van der Waals surface area contributed by atoms with E-state index in [4.69, 9.17) is 29.7 Å². The van der Waals surface area contributed by atoms with Crippen molar-refractivity contribution in [3.8, 4) is 0 Å². The largest absolute Gasteiger partial charge is 0.326 e. The Bertz CT molecular complexity index is 296. The fraction of sp³-hybridized carbons (Fsp3) is 0.286. The topological polar surface area (TPSA) is 38.0 Å². The SMILES string of the molecule is Cc1c(C(=S)NCl)csc1CN. The lowest BCUT2D eigenvalue weighted by molar-refractivity contribution is 1.09. The molecule has 0 saturated heterocycles. The molecule has 1 rings (SSSR count). The second-order valence-electron chi connectivity index (χ2n) is 2.33. The molecule has 12 heavy (non-hydrogen) atoms. The van der Waals surface area contributed by atoms with Gasteiger partial charge in [-0.25, -0.2) is 0 Å². The van der Waals surface area contributed by atoms with Crippen LogP contribution in [0.25, 0.3) is 0 Å². The molecule has 1 aromatic rings.